The Morgan fingerprint density at radius 3 is 2.56 bits per heavy atom. The highest BCUT2D eigenvalue weighted by Crippen LogP contribution is 2.14. The molecule has 0 radical (unpaired) electrons. The molecule has 1 aromatic rings. The standard InChI is InChI=1S/C9H11NO4S2/c1-2-15-9(10-14-16(11,12)13)8-6-4-3-5-7-8/h3-7H,2H2,1H3,(H,11,12,13)/b10-9-. The van der Waals surface area contributed by atoms with E-state index < -0.39 is 10.4 Å². The molecule has 7 heteroatoms. The molecule has 1 aromatic carbocycles. The Balaban J connectivity index is 2.92. The van der Waals surface area contributed by atoms with Crippen LogP contribution in [-0.2, 0) is 14.7 Å². The van der Waals surface area contributed by atoms with Crippen molar-refractivity contribution in [3.63, 3.8) is 0 Å². The zero-order chi connectivity index (χ0) is 12.0. The Morgan fingerprint density at radius 1 is 1.44 bits per heavy atom. The van der Waals surface area contributed by atoms with E-state index in [4.69, 9.17) is 4.55 Å². The number of oxime groups is 1. The lowest BCUT2D eigenvalue weighted by Crippen LogP contribution is -2.03. The third-order valence-corrected chi connectivity index (χ3v) is 2.65. The first-order chi connectivity index (χ1) is 7.53. The maximum atomic E-state index is 10.4. The SMILES string of the molecule is CCS/C(=N\OS(=O)(=O)O)c1ccccc1. The summed E-state index contributed by atoms with van der Waals surface area (Å²) < 4.78 is 33.2. The van der Waals surface area contributed by atoms with Crippen molar-refractivity contribution in [1.29, 1.82) is 0 Å². The van der Waals surface area contributed by atoms with Gasteiger partial charge in [0.1, 0.15) is 5.04 Å². The van der Waals surface area contributed by atoms with E-state index in [1.54, 1.807) is 24.3 Å². The molecule has 0 saturated carbocycles. The van der Waals surface area contributed by atoms with Crippen LogP contribution < -0.4 is 0 Å². The van der Waals surface area contributed by atoms with Gasteiger partial charge in [0.05, 0.1) is 0 Å². The molecule has 1 rings (SSSR count). The zero-order valence-electron chi connectivity index (χ0n) is 8.53. The van der Waals surface area contributed by atoms with Crippen LogP contribution in [0.4, 0.5) is 0 Å². The molecule has 0 unspecified atom stereocenters. The van der Waals surface area contributed by atoms with Crippen molar-refractivity contribution < 1.29 is 17.3 Å². The predicted molar refractivity (Wildman–Crippen MR) is 63.7 cm³/mol. The van der Waals surface area contributed by atoms with Crippen LogP contribution in [0.1, 0.15) is 12.5 Å². The largest absolute Gasteiger partial charge is 0.466 e. The molecule has 0 saturated heterocycles. The normalized spacial score (nSPS) is 12.5. The predicted octanol–water partition coefficient (Wildman–Crippen LogP) is 1.92. The Bertz CT molecular complexity index is 456. The number of benzene rings is 1. The van der Waals surface area contributed by atoms with Crippen LogP contribution in [-0.4, -0.2) is 23.8 Å². The van der Waals surface area contributed by atoms with E-state index in [9.17, 15) is 8.42 Å². The summed E-state index contributed by atoms with van der Waals surface area (Å²) in [6.07, 6.45) is 0. The molecule has 0 spiro atoms. The maximum Gasteiger partial charge on any atom is 0.466 e. The molecule has 0 heterocycles. The molecule has 0 aliphatic heterocycles. The summed E-state index contributed by atoms with van der Waals surface area (Å²) in [6.45, 7) is 1.90. The van der Waals surface area contributed by atoms with Gasteiger partial charge in [-0.1, -0.05) is 42.4 Å². The zero-order valence-corrected chi connectivity index (χ0v) is 10.2. The van der Waals surface area contributed by atoms with Crippen LogP contribution in [0.25, 0.3) is 0 Å². The van der Waals surface area contributed by atoms with E-state index in [1.807, 2.05) is 13.0 Å². The molecule has 5 nitrogen and oxygen atoms in total. The highest BCUT2D eigenvalue weighted by Gasteiger charge is 2.08. The average Bonchev–Trinajstić information content (AvgIpc) is 2.24. The minimum absolute atomic E-state index is 0.403. The number of hydrogen-bond donors (Lipinski definition) is 1. The summed E-state index contributed by atoms with van der Waals surface area (Å²) in [7, 11) is -4.55. The van der Waals surface area contributed by atoms with Crippen LogP contribution in [0, 0.1) is 0 Å². The van der Waals surface area contributed by atoms with E-state index in [1.165, 1.54) is 11.8 Å². The first-order valence-electron chi connectivity index (χ1n) is 4.45. The second-order valence-electron chi connectivity index (χ2n) is 2.70. The van der Waals surface area contributed by atoms with Gasteiger partial charge >= 0.3 is 10.4 Å². The second-order valence-corrected chi connectivity index (χ2v) is 4.96. The van der Waals surface area contributed by atoms with Gasteiger partial charge in [-0.05, 0) is 5.75 Å². The molecule has 0 aliphatic carbocycles. The van der Waals surface area contributed by atoms with E-state index in [-0.39, 0.29) is 0 Å². The first-order valence-corrected chi connectivity index (χ1v) is 6.80. The number of hydrogen-bond acceptors (Lipinski definition) is 5. The maximum absolute atomic E-state index is 10.4. The summed E-state index contributed by atoms with van der Waals surface area (Å²) in [5.74, 6) is 0.711. The van der Waals surface area contributed by atoms with Crippen LogP contribution in [0.2, 0.25) is 0 Å². The van der Waals surface area contributed by atoms with Crippen molar-refractivity contribution in [3.8, 4) is 0 Å². The fourth-order valence-electron chi connectivity index (χ4n) is 0.961. The second kappa shape index (κ2) is 5.88. The van der Waals surface area contributed by atoms with Gasteiger partial charge in [-0.3, -0.25) is 4.55 Å². The topological polar surface area (TPSA) is 76.0 Å². The van der Waals surface area contributed by atoms with Gasteiger partial charge in [0, 0.05) is 5.56 Å². The Kier molecular flexibility index (Phi) is 4.78. The third-order valence-electron chi connectivity index (χ3n) is 1.52. The number of nitrogens with zero attached hydrogens (tertiary/aromatic N) is 1. The molecule has 88 valence electrons. The minimum atomic E-state index is -4.55. The van der Waals surface area contributed by atoms with Crippen molar-refractivity contribution in [2.45, 2.75) is 6.92 Å². The third kappa shape index (κ3) is 4.65. The van der Waals surface area contributed by atoms with Gasteiger partial charge in [0.15, 0.2) is 0 Å². The van der Waals surface area contributed by atoms with Gasteiger partial charge in [-0.25, -0.2) is 4.28 Å². The summed E-state index contributed by atoms with van der Waals surface area (Å²) in [4.78, 5) is 0. The van der Waals surface area contributed by atoms with Crippen molar-refractivity contribution in [1.82, 2.24) is 0 Å². The summed E-state index contributed by atoms with van der Waals surface area (Å²) in [5, 5.41) is 3.80. The lowest BCUT2D eigenvalue weighted by atomic mass is 10.2. The van der Waals surface area contributed by atoms with Crippen LogP contribution in [0.15, 0.2) is 35.5 Å². The first kappa shape index (κ1) is 13.0. The van der Waals surface area contributed by atoms with Crippen molar-refractivity contribution in [2.24, 2.45) is 5.16 Å². The molecular weight excluding hydrogens is 250 g/mol. The smallest absolute Gasteiger partial charge is 0.253 e. The molecule has 0 bridgehead atoms. The number of thioether (sulfide) groups is 1. The molecular formula is C9H11NO4S2. The summed E-state index contributed by atoms with van der Waals surface area (Å²) >= 11 is 1.32. The summed E-state index contributed by atoms with van der Waals surface area (Å²) in [5.41, 5.74) is 0.734. The average molecular weight is 261 g/mol. The Morgan fingerprint density at radius 2 is 2.06 bits per heavy atom. The van der Waals surface area contributed by atoms with Crippen molar-refractivity contribution in [2.75, 3.05) is 5.75 Å². The van der Waals surface area contributed by atoms with Crippen molar-refractivity contribution in [3.05, 3.63) is 35.9 Å². The van der Waals surface area contributed by atoms with Gasteiger partial charge in [0.25, 0.3) is 0 Å². The minimum Gasteiger partial charge on any atom is -0.253 e. The van der Waals surface area contributed by atoms with Gasteiger partial charge in [-0.15, -0.1) is 11.8 Å². The quantitative estimate of drug-likeness (QED) is 0.388. The van der Waals surface area contributed by atoms with E-state index >= 15 is 0 Å². The summed E-state index contributed by atoms with van der Waals surface area (Å²) in [6, 6.07) is 8.98. The fourth-order valence-corrected chi connectivity index (χ4v) is 1.84. The molecule has 1 N–H and O–H groups in total. The fraction of sp³-hybridized carbons (Fsp3) is 0.222. The highest BCUT2D eigenvalue weighted by atomic mass is 32.3. The Hall–Kier alpha value is -1.05. The van der Waals surface area contributed by atoms with Gasteiger partial charge in [0.2, 0.25) is 0 Å². The van der Waals surface area contributed by atoms with Crippen LogP contribution in [0.5, 0.6) is 0 Å². The molecule has 0 fully saturated rings. The van der Waals surface area contributed by atoms with Gasteiger partial charge < -0.3 is 0 Å². The van der Waals surface area contributed by atoms with Crippen molar-refractivity contribution >= 4 is 27.2 Å². The number of rotatable bonds is 4. The Labute approximate surface area is 98.4 Å². The molecule has 0 atom stereocenters. The van der Waals surface area contributed by atoms with E-state index in [0.717, 1.165) is 5.56 Å². The molecule has 16 heavy (non-hydrogen) atoms. The van der Waals surface area contributed by atoms with E-state index in [0.29, 0.717) is 10.8 Å². The monoisotopic (exact) mass is 261 g/mol. The van der Waals surface area contributed by atoms with E-state index in [2.05, 4.69) is 9.44 Å². The molecule has 0 aliphatic rings. The lowest BCUT2D eigenvalue weighted by molar-refractivity contribution is 0.283. The molecule has 0 aromatic heterocycles. The highest BCUT2D eigenvalue weighted by molar-refractivity contribution is 8.14. The van der Waals surface area contributed by atoms with Crippen LogP contribution in [0.3, 0.4) is 0 Å². The lowest BCUT2D eigenvalue weighted by Gasteiger charge is -2.02. The van der Waals surface area contributed by atoms with Crippen LogP contribution >= 0.6 is 11.8 Å². The molecule has 0 amide bonds. The van der Waals surface area contributed by atoms with Gasteiger partial charge in [-0.2, -0.15) is 8.42 Å².